The molecule has 0 bridgehead atoms. The first kappa shape index (κ1) is 13.7. The Bertz CT molecular complexity index is 364. The van der Waals surface area contributed by atoms with Gasteiger partial charge in [-0.3, -0.25) is 19.3 Å². The van der Waals surface area contributed by atoms with Gasteiger partial charge in [-0.15, -0.1) is 0 Å². The number of nitrogens with zero attached hydrogens (tertiary/aromatic N) is 1. The van der Waals surface area contributed by atoms with Gasteiger partial charge in [0.1, 0.15) is 0 Å². The number of hydrogen-bond acceptors (Lipinski definition) is 3. The third kappa shape index (κ3) is 2.33. The fraction of sp³-hybridized carbons (Fsp3) is 0.750. The Morgan fingerprint density at radius 1 is 1.41 bits per heavy atom. The predicted octanol–water partition coefficient (Wildman–Crippen LogP) is 1.27. The number of carboxylic acid groups (broad SMARTS) is 1. The molecule has 1 N–H and O–H groups in total. The molecule has 0 aromatic rings. The normalized spacial score (nSPS) is 26.8. The lowest BCUT2D eigenvalue weighted by Crippen LogP contribution is -2.42. The number of likely N-dealkylation sites (tertiary alicyclic amines) is 1. The van der Waals surface area contributed by atoms with Crippen molar-refractivity contribution in [3.05, 3.63) is 0 Å². The molecule has 0 aromatic heterocycles. The van der Waals surface area contributed by atoms with Gasteiger partial charge in [0.15, 0.2) is 0 Å². The van der Waals surface area contributed by atoms with E-state index in [-0.39, 0.29) is 30.6 Å². The van der Waals surface area contributed by atoms with E-state index < -0.39 is 17.4 Å². The lowest BCUT2D eigenvalue weighted by atomic mass is 9.78. The highest BCUT2D eigenvalue weighted by atomic mass is 16.4. The first-order valence-electron chi connectivity index (χ1n) is 5.78. The minimum atomic E-state index is -1.00. The van der Waals surface area contributed by atoms with E-state index in [1.807, 2.05) is 13.8 Å². The summed E-state index contributed by atoms with van der Waals surface area (Å²) in [6.07, 6.45) is -0.0287. The van der Waals surface area contributed by atoms with Gasteiger partial charge < -0.3 is 5.11 Å². The van der Waals surface area contributed by atoms with Crippen LogP contribution in [0.5, 0.6) is 0 Å². The molecular weight excluding hydrogens is 222 g/mol. The SMILES string of the molecule is CC(CC(=O)O)N1C(=O)CC(C)(C(C)C)C1=O. The van der Waals surface area contributed by atoms with E-state index in [4.69, 9.17) is 5.11 Å². The van der Waals surface area contributed by atoms with Gasteiger partial charge in [0, 0.05) is 12.5 Å². The van der Waals surface area contributed by atoms with Crippen molar-refractivity contribution in [2.45, 2.75) is 46.6 Å². The predicted molar refractivity (Wildman–Crippen MR) is 61.1 cm³/mol. The molecule has 0 aromatic carbocycles. The van der Waals surface area contributed by atoms with Crippen LogP contribution in [0.3, 0.4) is 0 Å². The Labute approximate surface area is 101 Å². The van der Waals surface area contributed by atoms with Crippen LogP contribution >= 0.6 is 0 Å². The molecule has 1 aliphatic rings. The third-order valence-electron chi connectivity index (χ3n) is 3.68. The Morgan fingerprint density at radius 2 is 1.94 bits per heavy atom. The Morgan fingerprint density at radius 3 is 2.29 bits per heavy atom. The van der Waals surface area contributed by atoms with E-state index >= 15 is 0 Å². The van der Waals surface area contributed by atoms with Crippen LogP contribution in [0.4, 0.5) is 0 Å². The lowest BCUT2D eigenvalue weighted by molar-refractivity contribution is -0.146. The molecule has 1 rings (SSSR count). The number of carbonyl (C=O) groups excluding carboxylic acids is 2. The van der Waals surface area contributed by atoms with Crippen molar-refractivity contribution >= 4 is 17.8 Å². The number of amides is 2. The third-order valence-corrected chi connectivity index (χ3v) is 3.68. The van der Waals surface area contributed by atoms with Crippen LogP contribution in [0.1, 0.15) is 40.5 Å². The van der Waals surface area contributed by atoms with Gasteiger partial charge in [-0.1, -0.05) is 13.8 Å². The summed E-state index contributed by atoms with van der Waals surface area (Å²) in [6, 6.07) is -0.576. The zero-order valence-corrected chi connectivity index (χ0v) is 10.7. The highest BCUT2D eigenvalue weighted by Gasteiger charge is 2.51. The van der Waals surface area contributed by atoms with Crippen molar-refractivity contribution in [3.63, 3.8) is 0 Å². The van der Waals surface area contributed by atoms with Gasteiger partial charge in [0.2, 0.25) is 11.8 Å². The van der Waals surface area contributed by atoms with Crippen LogP contribution in [-0.2, 0) is 14.4 Å². The van der Waals surface area contributed by atoms with Gasteiger partial charge in [-0.05, 0) is 19.8 Å². The highest BCUT2D eigenvalue weighted by molar-refractivity contribution is 6.06. The zero-order chi connectivity index (χ0) is 13.4. The van der Waals surface area contributed by atoms with Crippen molar-refractivity contribution in [1.29, 1.82) is 0 Å². The maximum Gasteiger partial charge on any atom is 0.305 e. The molecular formula is C12H19NO4. The molecule has 2 unspecified atom stereocenters. The minimum Gasteiger partial charge on any atom is -0.481 e. The van der Waals surface area contributed by atoms with Crippen LogP contribution in [0.15, 0.2) is 0 Å². The van der Waals surface area contributed by atoms with Crippen molar-refractivity contribution in [3.8, 4) is 0 Å². The minimum absolute atomic E-state index is 0.0565. The number of carbonyl (C=O) groups is 3. The van der Waals surface area contributed by atoms with Crippen molar-refractivity contribution < 1.29 is 19.5 Å². The molecule has 0 radical (unpaired) electrons. The Hall–Kier alpha value is -1.39. The molecule has 1 aliphatic heterocycles. The van der Waals surface area contributed by atoms with E-state index in [1.54, 1.807) is 13.8 Å². The number of aliphatic carboxylic acids is 1. The number of rotatable bonds is 4. The molecule has 2 amide bonds. The fourth-order valence-corrected chi connectivity index (χ4v) is 2.10. The van der Waals surface area contributed by atoms with Gasteiger partial charge in [0.05, 0.1) is 11.8 Å². The van der Waals surface area contributed by atoms with Crippen LogP contribution in [0, 0.1) is 11.3 Å². The van der Waals surface area contributed by atoms with Crippen molar-refractivity contribution in [2.24, 2.45) is 11.3 Å². The molecule has 0 spiro atoms. The lowest BCUT2D eigenvalue weighted by Gasteiger charge is -2.28. The molecule has 1 saturated heterocycles. The molecule has 17 heavy (non-hydrogen) atoms. The smallest absolute Gasteiger partial charge is 0.305 e. The Kier molecular flexibility index (Phi) is 3.59. The van der Waals surface area contributed by atoms with Crippen molar-refractivity contribution in [2.75, 3.05) is 0 Å². The van der Waals surface area contributed by atoms with Gasteiger partial charge >= 0.3 is 5.97 Å². The zero-order valence-electron chi connectivity index (χ0n) is 10.7. The van der Waals surface area contributed by atoms with E-state index in [9.17, 15) is 14.4 Å². The second kappa shape index (κ2) is 4.47. The van der Waals surface area contributed by atoms with E-state index in [0.29, 0.717) is 0 Å². The number of carboxylic acids is 1. The molecule has 5 heteroatoms. The molecule has 1 heterocycles. The summed E-state index contributed by atoms with van der Waals surface area (Å²) in [6.45, 7) is 7.16. The van der Waals surface area contributed by atoms with Crippen LogP contribution < -0.4 is 0 Å². The summed E-state index contributed by atoms with van der Waals surface area (Å²) in [4.78, 5) is 35.8. The summed E-state index contributed by atoms with van der Waals surface area (Å²) >= 11 is 0. The maximum atomic E-state index is 12.2. The average molecular weight is 241 g/mol. The Balaban J connectivity index is 2.93. The molecule has 96 valence electrons. The molecule has 2 atom stereocenters. The standard InChI is InChI=1S/C12H19NO4/c1-7(2)12(4)6-9(14)13(11(12)17)8(3)5-10(15)16/h7-8H,5-6H2,1-4H3,(H,15,16). The van der Waals surface area contributed by atoms with E-state index in [0.717, 1.165) is 4.90 Å². The van der Waals surface area contributed by atoms with Crippen molar-refractivity contribution in [1.82, 2.24) is 4.90 Å². The largest absolute Gasteiger partial charge is 0.481 e. The topological polar surface area (TPSA) is 74.7 Å². The van der Waals surface area contributed by atoms with E-state index in [2.05, 4.69) is 0 Å². The van der Waals surface area contributed by atoms with Gasteiger partial charge in [0.25, 0.3) is 0 Å². The molecule has 0 saturated carbocycles. The number of hydrogen-bond donors (Lipinski definition) is 1. The monoisotopic (exact) mass is 241 g/mol. The summed E-state index contributed by atoms with van der Waals surface area (Å²) < 4.78 is 0. The van der Waals surface area contributed by atoms with E-state index in [1.165, 1.54) is 0 Å². The average Bonchev–Trinajstić information content (AvgIpc) is 2.37. The summed E-state index contributed by atoms with van der Waals surface area (Å²) in [5.41, 5.74) is -0.691. The first-order valence-corrected chi connectivity index (χ1v) is 5.78. The second-order valence-electron chi connectivity index (χ2n) is 5.26. The quantitative estimate of drug-likeness (QED) is 0.752. The maximum absolute atomic E-state index is 12.2. The van der Waals surface area contributed by atoms with Crippen LogP contribution in [0.25, 0.3) is 0 Å². The summed E-state index contributed by atoms with van der Waals surface area (Å²) in [5, 5.41) is 8.71. The first-order chi connectivity index (χ1) is 7.70. The highest BCUT2D eigenvalue weighted by Crippen LogP contribution is 2.40. The van der Waals surface area contributed by atoms with Crippen LogP contribution in [0.2, 0.25) is 0 Å². The summed E-state index contributed by atoms with van der Waals surface area (Å²) in [7, 11) is 0. The fourth-order valence-electron chi connectivity index (χ4n) is 2.10. The molecule has 5 nitrogen and oxygen atoms in total. The van der Waals surface area contributed by atoms with Gasteiger partial charge in [-0.2, -0.15) is 0 Å². The summed E-state index contributed by atoms with van der Waals surface area (Å²) in [5.74, 6) is -1.46. The number of imide groups is 1. The van der Waals surface area contributed by atoms with Gasteiger partial charge in [-0.25, -0.2) is 0 Å². The molecule has 0 aliphatic carbocycles. The van der Waals surface area contributed by atoms with Crippen LogP contribution in [-0.4, -0.2) is 33.8 Å². The second-order valence-corrected chi connectivity index (χ2v) is 5.26. The molecule has 1 fully saturated rings.